The lowest BCUT2D eigenvalue weighted by Gasteiger charge is -2.38. The SMILES string of the molecule is CO[Si](OC)(OC)C1CCC=CN1C. The molecule has 4 nitrogen and oxygen atoms in total. The molecule has 0 aromatic heterocycles. The van der Waals surface area contributed by atoms with Gasteiger partial charge in [-0.3, -0.25) is 0 Å². The van der Waals surface area contributed by atoms with E-state index < -0.39 is 8.80 Å². The number of hydrogen-bond acceptors (Lipinski definition) is 4. The van der Waals surface area contributed by atoms with Crippen molar-refractivity contribution in [1.82, 2.24) is 4.90 Å². The Balaban J connectivity index is 2.81. The largest absolute Gasteiger partial charge is 0.523 e. The molecule has 0 amide bonds. The van der Waals surface area contributed by atoms with Crippen molar-refractivity contribution in [3.63, 3.8) is 0 Å². The molecule has 5 heteroatoms. The predicted octanol–water partition coefficient (Wildman–Crippen LogP) is 1.01. The molecular formula is C9H19NO3Si. The molecule has 0 spiro atoms. The lowest BCUT2D eigenvalue weighted by Crippen LogP contribution is -2.60. The summed E-state index contributed by atoms with van der Waals surface area (Å²) in [7, 11) is 4.50. The molecule has 0 aliphatic carbocycles. The number of allylic oxidation sites excluding steroid dienone is 1. The first-order valence-corrected chi connectivity index (χ1v) is 6.54. The standard InChI is InChI=1S/C9H19NO3Si/c1-10-8-6-5-7-9(10)14(11-2,12-3)13-4/h6,8-9H,5,7H2,1-4H3. The predicted molar refractivity (Wildman–Crippen MR) is 56.7 cm³/mol. The van der Waals surface area contributed by atoms with Gasteiger partial charge >= 0.3 is 8.80 Å². The first kappa shape index (κ1) is 11.7. The van der Waals surface area contributed by atoms with Crippen LogP contribution in [0.1, 0.15) is 12.8 Å². The minimum Gasteiger partial charge on any atom is -0.376 e. The van der Waals surface area contributed by atoms with Crippen molar-refractivity contribution >= 4 is 8.80 Å². The Kier molecular flexibility index (Phi) is 4.12. The van der Waals surface area contributed by atoms with Gasteiger partial charge in [-0.1, -0.05) is 6.08 Å². The van der Waals surface area contributed by atoms with E-state index in [9.17, 15) is 0 Å². The third-order valence-corrected chi connectivity index (χ3v) is 5.92. The van der Waals surface area contributed by atoms with Gasteiger partial charge in [-0.15, -0.1) is 0 Å². The van der Waals surface area contributed by atoms with Crippen LogP contribution in [0.25, 0.3) is 0 Å². The zero-order chi connectivity index (χ0) is 10.6. The average Bonchev–Trinajstić information content (AvgIpc) is 2.24. The molecule has 0 bridgehead atoms. The van der Waals surface area contributed by atoms with E-state index in [0.29, 0.717) is 0 Å². The Morgan fingerprint density at radius 2 is 1.79 bits per heavy atom. The monoisotopic (exact) mass is 217 g/mol. The molecule has 1 aliphatic heterocycles. The second-order valence-electron chi connectivity index (χ2n) is 3.36. The van der Waals surface area contributed by atoms with Gasteiger partial charge in [0.25, 0.3) is 0 Å². The number of rotatable bonds is 4. The minimum absolute atomic E-state index is 0.229. The van der Waals surface area contributed by atoms with Gasteiger partial charge in [0.05, 0.1) is 5.67 Å². The van der Waals surface area contributed by atoms with Gasteiger partial charge in [-0.2, -0.15) is 0 Å². The Morgan fingerprint density at radius 3 is 2.21 bits per heavy atom. The van der Waals surface area contributed by atoms with Gasteiger partial charge in [0.1, 0.15) is 0 Å². The summed E-state index contributed by atoms with van der Waals surface area (Å²) in [5.41, 5.74) is 0.229. The third kappa shape index (κ3) is 2.00. The lowest BCUT2D eigenvalue weighted by atomic mass is 10.2. The highest BCUT2D eigenvalue weighted by molar-refractivity contribution is 6.62. The van der Waals surface area contributed by atoms with Crippen molar-refractivity contribution in [1.29, 1.82) is 0 Å². The summed E-state index contributed by atoms with van der Waals surface area (Å²) in [6, 6.07) is 0. The molecule has 0 saturated carbocycles. The molecule has 1 atom stereocenters. The summed E-state index contributed by atoms with van der Waals surface area (Å²) in [6.45, 7) is 0. The fourth-order valence-corrected chi connectivity index (χ4v) is 4.31. The smallest absolute Gasteiger partial charge is 0.376 e. The van der Waals surface area contributed by atoms with Gasteiger partial charge in [0.2, 0.25) is 0 Å². The summed E-state index contributed by atoms with van der Waals surface area (Å²) in [6.07, 6.45) is 6.29. The second kappa shape index (κ2) is 4.93. The van der Waals surface area contributed by atoms with E-state index in [1.165, 1.54) is 0 Å². The minimum atomic E-state index is -2.50. The van der Waals surface area contributed by atoms with Crippen molar-refractivity contribution in [2.24, 2.45) is 0 Å². The summed E-state index contributed by atoms with van der Waals surface area (Å²) >= 11 is 0. The molecule has 0 radical (unpaired) electrons. The first-order valence-electron chi connectivity index (χ1n) is 4.74. The highest BCUT2D eigenvalue weighted by Crippen LogP contribution is 2.24. The van der Waals surface area contributed by atoms with Crippen LogP contribution < -0.4 is 0 Å². The Labute approximate surface area is 86.8 Å². The maximum absolute atomic E-state index is 5.47. The maximum Gasteiger partial charge on any atom is 0.523 e. The van der Waals surface area contributed by atoms with Crippen LogP contribution in [0.15, 0.2) is 12.3 Å². The lowest BCUT2D eigenvalue weighted by molar-refractivity contribution is 0.0876. The fraction of sp³-hybridized carbons (Fsp3) is 0.778. The molecule has 1 aliphatic rings. The highest BCUT2D eigenvalue weighted by atomic mass is 28.4. The van der Waals surface area contributed by atoms with Gasteiger partial charge in [0, 0.05) is 28.4 Å². The molecule has 14 heavy (non-hydrogen) atoms. The summed E-state index contributed by atoms with van der Waals surface area (Å²) in [4.78, 5) is 2.12. The molecule has 0 N–H and O–H groups in total. The van der Waals surface area contributed by atoms with Gasteiger partial charge < -0.3 is 18.2 Å². The topological polar surface area (TPSA) is 30.9 Å². The Bertz CT molecular complexity index is 198. The van der Waals surface area contributed by atoms with Crippen LogP contribution in [0, 0.1) is 0 Å². The van der Waals surface area contributed by atoms with Gasteiger partial charge in [0.15, 0.2) is 0 Å². The zero-order valence-corrected chi connectivity index (χ0v) is 10.3. The summed E-state index contributed by atoms with van der Waals surface area (Å²) in [5, 5.41) is 0. The maximum atomic E-state index is 5.47. The quantitative estimate of drug-likeness (QED) is 0.658. The average molecular weight is 217 g/mol. The van der Waals surface area contributed by atoms with Crippen molar-refractivity contribution < 1.29 is 13.3 Å². The van der Waals surface area contributed by atoms with Crippen LogP contribution in [0.2, 0.25) is 0 Å². The Hall–Kier alpha value is -0.363. The molecular weight excluding hydrogens is 198 g/mol. The normalized spacial score (nSPS) is 22.9. The molecule has 1 heterocycles. The van der Waals surface area contributed by atoms with Crippen molar-refractivity contribution in [3.8, 4) is 0 Å². The molecule has 0 aromatic rings. The summed E-state index contributed by atoms with van der Waals surface area (Å²) < 4.78 is 16.4. The van der Waals surface area contributed by atoms with E-state index in [1.54, 1.807) is 21.3 Å². The van der Waals surface area contributed by atoms with E-state index in [1.807, 2.05) is 7.05 Å². The van der Waals surface area contributed by atoms with Crippen molar-refractivity contribution in [3.05, 3.63) is 12.3 Å². The van der Waals surface area contributed by atoms with E-state index in [0.717, 1.165) is 12.8 Å². The van der Waals surface area contributed by atoms with Crippen LogP contribution in [0.5, 0.6) is 0 Å². The van der Waals surface area contributed by atoms with Gasteiger partial charge in [-0.05, 0) is 19.0 Å². The van der Waals surface area contributed by atoms with Crippen LogP contribution in [0.3, 0.4) is 0 Å². The van der Waals surface area contributed by atoms with E-state index in [4.69, 9.17) is 13.3 Å². The van der Waals surface area contributed by atoms with E-state index in [2.05, 4.69) is 17.2 Å². The molecule has 1 unspecified atom stereocenters. The zero-order valence-electron chi connectivity index (χ0n) is 9.32. The summed E-state index contributed by atoms with van der Waals surface area (Å²) in [5.74, 6) is 0. The molecule has 0 fully saturated rings. The number of hydrogen-bond donors (Lipinski definition) is 0. The van der Waals surface area contributed by atoms with Crippen molar-refractivity contribution in [2.45, 2.75) is 18.5 Å². The molecule has 82 valence electrons. The van der Waals surface area contributed by atoms with Crippen LogP contribution in [-0.2, 0) is 13.3 Å². The first-order chi connectivity index (χ1) is 6.70. The molecule has 0 aromatic carbocycles. The fourth-order valence-electron chi connectivity index (χ4n) is 1.89. The molecule has 1 rings (SSSR count). The van der Waals surface area contributed by atoms with Crippen molar-refractivity contribution in [2.75, 3.05) is 28.4 Å². The second-order valence-corrected chi connectivity index (χ2v) is 6.46. The van der Waals surface area contributed by atoms with Gasteiger partial charge in [-0.25, -0.2) is 0 Å². The van der Waals surface area contributed by atoms with Crippen LogP contribution >= 0.6 is 0 Å². The van der Waals surface area contributed by atoms with E-state index >= 15 is 0 Å². The number of nitrogens with zero attached hydrogens (tertiary/aromatic N) is 1. The third-order valence-electron chi connectivity index (χ3n) is 2.70. The van der Waals surface area contributed by atoms with Crippen LogP contribution in [-0.4, -0.2) is 47.7 Å². The molecule has 0 saturated heterocycles. The Morgan fingerprint density at radius 1 is 1.21 bits per heavy atom. The van der Waals surface area contributed by atoms with Crippen LogP contribution in [0.4, 0.5) is 0 Å². The van der Waals surface area contributed by atoms with E-state index in [-0.39, 0.29) is 5.67 Å². The highest BCUT2D eigenvalue weighted by Gasteiger charge is 2.49.